The van der Waals surface area contributed by atoms with Crippen molar-refractivity contribution in [3.63, 3.8) is 0 Å². The number of hydrogen-bond donors (Lipinski definition) is 0. The Hall–Kier alpha value is -2.23. The molecule has 0 aromatic heterocycles. The highest BCUT2D eigenvalue weighted by Crippen LogP contribution is 2.47. The Labute approximate surface area is 180 Å². The summed E-state index contributed by atoms with van der Waals surface area (Å²) < 4.78 is 0. The molecule has 2 heterocycles. The maximum Gasteiger partial charge on any atom is 0.252 e. The van der Waals surface area contributed by atoms with Crippen molar-refractivity contribution < 1.29 is 9.59 Å². The van der Waals surface area contributed by atoms with E-state index in [2.05, 4.69) is 45.0 Å². The zero-order chi connectivity index (χ0) is 21.5. The molecule has 1 aliphatic carbocycles. The van der Waals surface area contributed by atoms with Crippen LogP contribution >= 0.6 is 0 Å². The molecule has 1 saturated carbocycles. The van der Waals surface area contributed by atoms with Crippen LogP contribution in [0.25, 0.3) is 0 Å². The predicted molar refractivity (Wildman–Crippen MR) is 121 cm³/mol. The molecule has 1 aromatic rings. The number of amides is 1. The molecule has 3 aliphatic rings. The number of fused-ring (bicyclic) bond motifs is 1. The Morgan fingerprint density at radius 3 is 2.37 bits per heavy atom. The van der Waals surface area contributed by atoms with Crippen molar-refractivity contribution in [1.29, 1.82) is 0 Å². The van der Waals surface area contributed by atoms with Crippen molar-refractivity contribution in [1.82, 2.24) is 4.90 Å². The van der Waals surface area contributed by atoms with Gasteiger partial charge < -0.3 is 4.90 Å². The zero-order valence-electron chi connectivity index (χ0n) is 18.8. The second-order valence-corrected chi connectivity index (χ2v) is 9.99. The van der Waals surface area contributed by atoms with Crippen LogP contribution in [0.15, 0.2) is 40.5 Å². The van der Waals surface area contributed by atoms with Crippen molar-refractivity contribution in [3.8, 4) is 0 Å². The third-order valence-electron chi connectivity index (χ3n) is 6.98. The van der Waals surface area contributed by atoms with Crippen LogP contribution in [0.1, 0.15) is 76.8 Å². The Morgan fingerprint density at radius 1 is 1.07 bits per heavy atom. The molecule has 0 spiro atoms. The van der Waals surface area contributed by atoms with Gasteiger partial charge >= 0.3 is 0 Å². The number of benzene rings is 1. The van der Waals surface area contributed by atoms with E-state index in [-0.39, 0.29) is 28.9 Å². The Bertz CT molecular complexity index is 901. The van der Waals surface area contributed by atoms with Gasteiger partial charge in [-0.25, -0.2) is 0 Å². The van der Waals surface area contributed by atoms with E-state index in [9.17, 15) is 9.59 Å². The number of Topliss-reactive ketones (excluding diaryl/α,β-unsaturated/α-hetero) is 1. The van der Waals surface area contributed by atoms with Gasteiger partial charge in [0, 0.05) is 42.4 Å². The Kier molecular flexibility index (Phi) is 5.69. The van der Waals surface area contributed by atoms with Crippen LogP contribution in [0.3, 0.4) is 0 Å². The van der Waals surface area contributed by atoms with Gasteiger partial charge in [0.25, 0.3) is 5.91 Å². The van der Waals surface area contributed by atoms with Crippen LogP contribution < -0.4 is 0 Å². The minimum atomic E-state index is -0.307. The molecule has 30 heavy (non-hydrogen) atoms. The summed E-state index contributed by atoms with van der Waals surface area (Å²) in [5.41, 5.74) is 4.77. The molecule has 0 N–H and O–H groups in total. The highest BCUT2D eigenvalue weighted by atomic mass is 16.2. The number of rotatable bonds is 3. The Balaban J connectivity index is 1.81. The monoisotopic (exact) mass is 406 g/mol. The van der Waals surface area contributed by atoms with Gasteiger partial charge in [-0.1, -0.05) is 45.0 Å². The van der Waals surface area contributed by atoms with Crippen molar-refractivity contribution in [2.75, 3.05) is 13.1 Å². The smallest absolute Gasteiger partial charge is 0.252 e. The van der Waals surface area contributed by atoms with E-state index in [0.717, 1.165) is 61.3 Å². The minimum absolute atomic E-state index is 0.0717. The number of hydrogen-bond acceptors (Lipinski definition) is 3. The summed E-state index contributed by atoms with van der Waals surface area (Å²) in [5.74, 6) is -0.220. The number of nitrogens with zero attached hydrogens (tertiary/aromatic N) is 2. The fourth-order valence-corrected chi connectivity index (χ4v) is 5.46. The third-order valence-corrected chi connectivity index (χ3v) is 6.98. The van der Waals surface area contributed by atoms with Crippen molar-refractivity contribution in [3.05, 3.63) is 46.7 Å². The molecule has 1 saturated heterocycles. The van der Waals surface area contributed by atoms with Gasteiger partial charge in [0.15, 0.2) is 0 Å². The number of carbonyl (C=O) groups excluding carboxylic acids is 2. The van der Waals surface area contributed by atoms with Crippen molar-refractivity contribution >= 4 is 17.4 Å². The SMILES string of the molecule is CCc1ccc([C@H]2C(C(=O)N3CCCCC3)=C(C)N=C3CC(C)(C)CC(=O)C32)cc1. The number of aryl methyl sites for hydroxylation is 1. The molecule has 4 heteroatoms. The fraction of sp³-hybridized carbons (Fsp3) is 0.577. The molecule has 1 aromatic carbocycles. The van der Waals surface area contributed by atoms with Gasteiger partial charge in [-0.15, -0.1) is 0 Å². The average Bonchev–Trinajstić information content (AvgIpc) is 2.72. The molecule has 0 radical (unpaired) electrons. The maximum absolute atomic E-state index is 13.7. The van der Waals surface area contributed by atoms with Crippen molar-refractivity contribution in [2.45, 2.75) is 72.1 Å². The second kappa shape index (κ2) is 8.13. The summed E-state index contributed by atoms with van der Waals surface area (Å²) in [6.07, 6.45) is 5.63. The third kappa shape index (κ3) is 3.89. The molecular weight excluding hydrogens is 372 g/mol. The van der Waals surface area contributed by atoms with Crippen molar-refractivity contribution in [2.24, 2.45) is 16.3 Å². The highest BCUT2D eigenvalue weighted by Gasteiger charge is 2.47. The minimum Gasteiger partial charge on any atom is -0.339 e. The first-order chi connectivity index (χ1) is 14.3. The number of likely N-dealkylation sites (tertiary alicyclic amines) is 1. The van der Waals surface area contributed by atoms with Gasteiger partial charge in [-0.05, 0) is 55.6 Å². The highest BCUT2D eigenvalue weighted by molar-refractivity contribution is 6.12. The van der Waals surface area contributed by atoms with Crippen LogP contribution in [-0.4, -0.2) is 35.4 Å². The van der Waals surface area contributed by atoms with E-state index in [4.69, 9.17) is 4.99 Å². The van der Waals surface area contributed by atoms with Crippen LogP contribution in [0.4, 0.5) is 0 Å². The van der Waals surface area contributed by atoms with E-state index >= 15 is 0 Å². The van der Waals surface area contributed by atoms with Gasteiger partial charge in [0.2, 0.25) is 0 Å². The Morgan fingerprint density at radius 2 is 1.73 bits per heavy atom. The molecule has 2 atom stereocenters. The first kappa shape index (κ1) is 21.0. The first-order valence-corrected chi connectivity index (χ1v) is 11.5. The van der Waals surface area contributed by atoms with E-state index in [0.29, 0.717) is 6.42 Å². The number of ketones is 1. The predicted octanol–water partition coefficient (Wildman–Crippen LogP) is 5.08. The number of carbonyl (C=O) groups is 2. The lowest BCUT2D eigenvalue weighted by Crippen LogP contribution is -2.46. The molecule has 4 nitrogen and oxygen atoms in total. The van der Waals surface area contributed by atoms with E-state index in [1.807, 2.05) is 11.8 Å². The summed E-state index contributed by atoms with van der Waals surface area (Å²) in [6.45, 7) is 9.99. The summed E-state index contributed by atoms with van der Waals surface area (Å²) in [5, 5.41) is 0. The molecular formula is C26H34N2O2. The van der Waals surface area contributed by atoms with Crippen LogP contribution in [0.2, 0.25) is 0 Å². The molecule has 2 fully saturated rings. The van der Waals surface area contributed by atoms with Gasteiger partial charge in [-0.2, -0.15) is 0 Å². The van der Waals surface area contributed by atoms with Crippen LogP contribution in [-0.2, 0) is 16.0 Å². The largest absolute Gasteiger partial charge is 0.339 e. The topological polar surface area (TPSA) is 49.7 Å². The standard InChI is InChI=1S/C26H34N2O2/c1-5-18-9-11-19(12-10-18)23-22(25(30)28-13-7-6-8-14-28)17(2)27-20-15-26(3,4)16-21(29)24(20)23/h9-12,23-24H,5-8,13-16H2,1-4H3/t23-,24?/m0/s1. The lowest BCUT2D eigenvalue weighted by molar-refractivity contribution is -0.128. The zero-order valence-corrected chi connectivity index (χ0v) is 18.8. The number of aliphatic imine (C=N–C) groups is 1. The average molecular weight is 407 g/mol. The van der Waals surface area contributed by atoms with E-state index in [1.54, 1.807) is 0 Å². The summed E-state index contributed by atoms with van der Waals surface area (Å²) in [6, 6.07) is 8.51. The molecule has 1 unspecified atom stereocenters. The van der Waals surface area contributed by atoms with Gasteiger partial charge in [0.05, 0.1) is 5.92 Å². The summed E-state index contributed by atoms with van der Waals surface area (Å²) in [7, 11) is 0. The molecule has 0 bridgehead atoms. The van der Waals surface area contributed by atoms with Crippen LogP contribution in [0, 0.1) is 11.3 Å². The summed E-state index contributed by atoms with van der Waals surface area (Å²) >= 11 is 0. The lowest BCUT2D eigenvalue weighted by Gasteiger charge is -2.42. The molecule has 1 amide bonds. The molecule has 160 valence electrons. The second-order valence-electron chi connectivity index (χ2n) is 9.99. The van der Waals surface area contributed by atoms with Gasteiger partial charge in [0.1, 0.15) is 5.78 Å². The number of piperidine rings is 1. The fourth-order valence-electron chi connectivity index (χ4n) is 5.46. The quantitative estimate of drug-likeness (QED) is 0.703. The summed E-state index contributed by atoms with van der Waals surface area (Å²) in [4.78, 5) is 33.9. The van der Waals surface area contributed by atoms with E-state index in [1.165, 1.54) is 12.0 Å². The lowest BCUT2D eigenvalue weighted by atomic mass is 9.63. The molecule has 2 aliphatic heterocycles. The maximum atomic E-state index is 13.7. The van der Waals surface area contributed by atoms with Gasteiger partial charge in [-0.3, -0.25) is 14.6 Å². The first-order valence-electron chi connectivity index (χ1n) is 11.5. The normalized spacial score (nSPS) is 26.3. The number of allylic oxidation sites excluding steroid dienone is 1. The molecule has 4 rings (SSSR count). The van der Waals surface area contributed by atoms with Crippen LogP contribution in [0.5, 0.6) is 0 Å². The van der Waals surface area contributed by atoms with E-state index < -0.39 is 0 Å².